The summed E-state index contributed by atoms with van der Waals surface area (Å²) < 4.78 is 5.25. The highest BCUT2D eigenvalue weighted by molar-refractivity contribution is 7.10. The van der Waals surface area contributed by atoms with E-state index in [1.165, 1.54) is 6.26 Å². The van der Waals surface area contributed by atoms with Crippen molar-refractivity contribution in [2.45, 2.75) is 19.9 Å². The van der Waals surface area contributed by atoms with Crippen LogP contribution in [0.5, 0.6) is 0 Å². The first-order valence-corrected chi connectivity index (χ1v) is 7.24. The molecule has 0 aliphatic rings. The van der Waals surface area contributed by atoms with E-state index in [9.17, 15) is 4.79 Å². The first-order chi connectivity index (χ1) is 9.76. The van der Waals surface area contributed by atoms with Gasteiger partial charge in [-0.25, -0.2) is 0 Å². The van der Waals surface area contributed by atoms with Crippen molar-refractivity contribution in [2.24, 2.45) is 5.73 Å². The average molecular weight is 288 g/mol. The molecule has 2 aromatic heterocycles. The van der Waals surface area contributed by atoms with E-state index in [4.69, 9.17) is 10.2 Å². The van der Waals surface area contributed by atoms with Gasteiger partial charge < -0.3 is 15.5 Å². The van der Waals surface area contributed by atoms with Crippen LogP contribution in [0, 0.1) is 11.8 Å². The molecule has 4 nitrogen and oxygen atoms in total. The number of carbonyl (C=O) groups excluding carboxylic acids is 1. The maximum atomic E-state index is 12.1. The van der Waals surface area contributed by atoms with Crippen LogP contribution in [-0.2, 0) is 13.0 Å². The topological polar surface area (TPSA) is 68.3 Å². The van der Waals surface area contributed by atoms with Crippen LogP contribution in [0.15, 0.2) is 28.2 Å². The molecule has 2 aromatic rings. The van der Waals surface area contributed by atoms with Crippen molar-refractivity contribution in [3.63, 3.8) is 0 Å². The zero-order chi connectivity index (χ0) is 14.4. The fraction of sp³-hybridized carbons (Fsp3) is 0.267. The summed E-state index contributed by atoms with van der Waals surface area (Å²) in [6.07, 6.45) is 2.24. The molecule has 0 spiro atoms. The minimum Gasteiger partial charge on any atom is -0.469 e. The van der Waals surface area contributed by atoms with E-state index >= 15 is 0 Å². The molecule has 0 radical (unpaired) electrons. The van der Waals surface area contributed by atoms with Crippen molar-refractivity contribution < 1.29 is 9.21 Å². The van der Waals surface area contributed by atoms with Crippen LogP contribution in [0.3, 0.4) is 0 Å². The molecule has 0 fully saturated rings. The van der Waals surface area contributed by atoms with Crippen LogP contribution in [0.2, 0.25) is 0 Å². The molecule has 3 N–H and O–H groups in total. The largest absolute Gasteiger partial charge is 0.469 e. The number of rotatable bonds is 4. The van der Waals surface area contributed by atoms with E-state index in [0.717, 1.165) is 10.4 Å². The lowest BCUT2D eigenvalue weighted by atomic mass is 10.2. The third-order valence-electron chi connectivity index (χ3n) is 2.79. The Bertz CT molecular complexity index is 646. The molecule has 1 amide bonds. The fourth-order valence-corrected chi connectivity index (χ4v) is 2.58. The van der Waals surface area contributed by atoms with Crippen molar-refractivity contribution in [1.82, 2.24) is 5.32 Å². The molecule has 0 saturated carbocycles. The van der Waals surface area contributed by atoms with Gasteiger partial charge in [0, 0.05) is 16.9 Å². The van der Waals surface area contributed by atoms with Gasteiger partial charge in [0.15, 0.2) is 0 Å². The second-order valence-corrected chi connectivity index (χ2v) is 5.06. The predicted molar refractivity (Wildman–Crippen MR) is 79.5 cm³/mol. The van der Waals surface area contributed by atoms with Gasteiger partial charge in [-0.3, -0.25) is 4.79 Å². The normalized spacial score (nSPS) is 9.90. The molecule has 0 unspecified atom stereocenters. The Morgan fingerprint density at radius 2 is 2.35 bits per heavy atom. The zero-order valence-corrected chi connectivity index (χ0v) is 12.0. The lowest BCUT2D eigenvalue weighted by Crippen LogP contribution is -2.23. The number of carbonyl (C=O) groups is 1. The number of hydrogen-bond donors (Lipinski definition) is 2. The summed E-state index contributed by atoms with van der Waals surface area (Å²) in [6.45, 7) is 2.74. The highest BCUT2D eigenvalue weighted by Gasteiger charge is 2.13. The summed E-state index contributed by atoms with van der Waals surface area (Å²) in [6, 6.07) is 3.63. The van der Waals surface area contributed by atoms with Gasteiger partial charge in [-0.2, -0.15) is 0 Å². The van der Waals surface area contributed by atoms with Gasteiger partial charge in [-0.1, -0.05) is 18.8 Å². The molecule has 2 heterocycles. The second kappa shape index (κ2) is 6.94. The van der Waals surface area contributed by atoms with E-state index in [-0.39, 0.29) is 5.91 Å². The maximum Gasteiger partial charge on any atom is 0.255 e. The number of thiophene rings is 1. The van der Waals surface area contributed by atoms with Crippen LogP contribution < -0.4 is 11.1 Å². The maximum absolute atomic E-state index is 12.1. The predicted octanol–water partition coefficient (Wildman–Crippen LogP) is 2.14. The Balaban J connectivity index is 2.02. The number of furan rings is 1. The SMILES string of the molecule is CCc1occc1C(=O)NCc1sccc1C#CCN. The van der Waals surface area contributed by atoms with Crippen molar-refractivity contribution in [1.29, 1.82) is 0 Å². The number of amides is 1. The van der Waals surface area contributed by atoms with Crippen LogP contribution in [-0.4, -0.2) is 12.5 Å². The first kappa shape index (κ1) is 14.4. The number of hydrogen-bond acceptors (Lipinski definition) is 4. The second-order valence-electron chi connectivity index (χ2n) is 4.06. The molecule has 0 aliphatic heterocycles. The van der Waals surface area contributed by atoms with Crippen molar-refractivity contribution in [3.8, 4) is 11.8 Å². The highest BCUT2D eigenvalue weighted by Crippen LogP contribution is 2.16. The Kier molecular flexibility index (Phi) is 4.99. The summed E-state index contributed by atoms with van der Waals surface area (Å²) >= 11 is 1.57. The standard InChI is InChI=1S/C15H16N2O2S/c1-2-13-12(5-8-19-13)15(18)17-10-14-11(4-3-7-16)6-9-20-14/h5-6,8-9H,2,7,10,16H2,1H3,(H,17,18). The number of nitrogens with two attached hydrogens (primary N) is 1. The molecule has 5 heteroatoms. The molecule has 2 rings (SSSR count). The summed E-state index contributed by atoms with van der Waals surface area (Å²) in [5.74, 6) is 6.40. The highest BCUT2D eigenvalue weighted by atomic mass is 32.1. The Morgan fingerprint density at radius 1 is 1.50 bits per heavy atom. The fourth-order valence-electron chi connectivity index (χ4n) is 1.81. The third kappa shape index (κ3) is 3.29. The molecular weight excluding hydrogens is 272 g/mol. The summed E-state index contributed by atoms with van der Waals surface area (Å²) in [5, 5.41) is 4.85. The summed E-state index contributed by atoms with van der Waals surface area (Å²) in [4.78, 5) is 13.1. The summed E-state index contributed by atoms with van der Waals surface area (Å²) in [7, 11) is 0. The van der Waals surface area contributed by atoms with E-state index < -0.39 is 0 Å². The van der Waals surface area contributed by atoms with Gasteiger partial charge >= 0.3 is 0 Å². The van der Waals surface area contributed by atoms with Crippen LogP contribution in [0.25, 0.3) is 0 Å². The molecular formula is C15H16N2O2S. The van der Waals surface area contributed by atoms with Crippen molar-refractivity contribution >= 4 is 17.2 Å². The lowest BCUT2D eigenvalue weighted by molar-refractivity contribution is 0.0949. The monoisotopic (exact) mass is 288 g/mol. The minimum absolute atomic E-state index is 0.123. The zero-order valence-electron chi connectivity index (χ0n) is 11.2. The minimum atomic E-state index is -0.123. The lowest BCUT2D eigenvalue weighted by Gasteiger charge is -2.04. The molecule has 0 aliphatic carbocycles. The molecule has 0 aromatic carbocycles. The molecule has 0 saturated heterocycles. The van der Waals surface area contributed by atoms with Crippen LogP contribution in [0.4, 0.5) is 0 Å². The van der Waals surface area contributed by atoms with Gasteiger partial charge in [0.1, 0.15) is 5.76 Å². The van der Waals surface area contributed by atoms with E-state index in [1.807, 2.05) is 18.4 Å². The van der Waals surface area contributed by atoms with Gasteiger partial charge in [-0.15, -0.1) is 11.3 Å². The molecule has 0 atom stereocenters. The summed E-state index contributed by atoms with van der Waals surface area (Å²) in [5.41, 5.74) is 6.88. The van der Waals surface area contributed by atoms with Crippen molar-refractivity contribution in [3.05, 3.63) is 45.5 Å². The Hall–Kier alpha value is -2.03. The van der Waals surface area contributed by atoms with Crippen LogP contribution >= 0.6 is 11.3 Å². The first-order valence-electron chi connectivity index (χ1n) is 6.36. The third-order valence-corrected chi connectivity index (χ3v) is 3.71. The molecule has 0 bridgehead atoms. The van der Waals surface area contributed by atoms with Gasteiger partial charge in [0.25, 0.3) is 5.91 Å². The van der Waals surface area contributed by atoms with E-state index in [2.05, 4.69) is 17.2 Å². The van der Waals surface area contributed by atoms with Gasteiger partial charge in [0.2, 0.25) is 0 Å². The molecule has 20 heavy (non-hydrogen) atoms. The molecule has 104 valence electrons. The van der Waals surface area contributed by atoms with E-state index in [0.29, 0.717) is 30.8 Å². The van der Waals surface area contributed by atoms with Crippen molar-refractivity contribution in [2.75, 3.05) is 6.54 Å². The van der Waals surface area contributed by atoms with Gasteiger partial charge in [0.05, 0.1) is 24.9 Å². The quantitative estimate of drug-likeness (QED) is 0.847. The number of nitrogens with one attached hydrogen (secondary N) is 1. The smallest absolute Gasteiger partial charge is 0.255 e. The Labute approximate surface area is 122 Å². The van der Waals surface area contributed by atoms with Gasteiger partial charge in [-0.05, 0) is 17.5 Å². The number of aryl methyl sites for hydroxylation is 1. The van der Waals surface area contributed by atoms with Crippen LogP contribution in [0.1, 0.15) is 33.5 Å². The Morgan fingerprint density at radius 3 is 3.10 bits per heavy atom. The van der Waals surface area contributed by atoms with E-state index in [1.54, 1.807) is 17.4 Å². The average Bonchev–Trinajstić information content (AvgIpc) is 3.10.